The molecular formula is C32H34N4O4S2. The molecule has 0 saturated heterocycles. The van der Waals surface area contributed by atoms with E-state index in [0.717, 1.165) is 26.6 Å². The number of para-hydroxylation sites is 1. The molecule has 8 nitrogen and oxygen atoms in total. The van der Waals surface area contributed by atoms with Crippen molar-refractivity contribution in [3.8, 4) is 17.4 Å². The van der Waals surface area contributed by atoms with Gasteiger partial charge in [0.05, 0.1) is 35.2 Å². The van der Waals surface area contributed by atoms with Crippen LogP contribution in [0.3, 0.4) is 0 Å². The van der Waals surface area contributed by atoms with Crippen LogP contribution in [0.1, 0.15) is 29.0 Å². The zero-order valence-corrected chi connectivity index (χ0v) is 26.0. The number of hydrogen-bond donors (Lipinski definition) is 1. The number of hydrogen-bond acceptors (Lipinski definition) is 9. The van der Waals surface area contributed by atoms with Crippen molar-refractivity contribution < 1.29 is 19.3 Å². The third kappa shape index (κ3) is 5.88. The summed E-state index contributed by atoms with van der Waals surface area (Å²) in [6.07, 6.45) is 4.36. The second-order valence-corrected chi connectivity index (χ2v) is 12.0. The minimum Gasteiger partial charge on any atom is -0.486 e. The first kappa shape index (κ1) is 30.0. The fraction of sp³-hybridized carbons (Fsp3) is 0.344. The van der Waals surface area contributed by atoms with Crippen molar-refractivity contribution in [2.24, 2.45) is 0 Å². The Balaban J connectivity index is 1.87. The SMILES string of the molecule is [C-]#[N+]c1ccc2nc(OC)c(C(c3cccc4c3OCCO4)C(O)(CCN(C)C)c3cc(SC)nc(SC)c3)cc2c1. The van der Waals surface area contributed by atoms with Crippen LogP contribution in [-0.4, -0.2) is 73.4 Å². The van der Waals surface area contributed by atoms with Crippen LogP contribution in [0.5, 0.6) is 17.4 Å². The Morgan fingerprint density at radius 3 is 2.43 bits per heavy atom. The Morgan fingerprint density at radius 1 is 1.02 bits per heavy atom. The number of ether oxygens (including phenoxy) is 3. The van der Waals surface area contributed by atoms with Gasteiger partial charge in [0.2, 0.25) is 5.88 Å². The Morgan fingerprint density at radius 2 is 1.76 bits per heavy atom. The van der Waals surface area contributed by atoms with Gasteiger partial charge in [-0.25, -0.2) is 14.8 Å². The quantitative estimate of drug-likeness (QED) is 0.164. The minimum atomic E-state index is -1.45. The van der Waals surface area contributed by atoms with Crippen LogP contribution < -0.4 is 14.2 Å². The Bertz CT molecular complexity index is 1620. The summed E-state index contributed by atoms with van der Waals surface area (Å²) in [7, 11) is 5.58. The van der Waals surface area contributed by atoms with Gasteiger partial charge in [0.15, 0.2) is 17.2 Å². The number of aromatic nitrogens is 2. The van der Waals surface area contributed by atoms with Crippen LogP contribution in [0.15, 0.2) is 64.6 Å². The third-order valence-electron chi connectivity index (χ3n) is 7.45. The molecular weight excluding hydrogens is 569 g/mol. The van der Waals surface area contributed by atoms with Gasteiger partial charge in [-0.15, -0.1) is 23.5 Å². The van der Waals surface area contributed by atoms with E-state index >= 15 is 0 Å². The highest BCUT2D eigenvalue weighted by Crippen LogP contribution is 2.52. The topological polar surface area (TPSA) is 81.3 Å². The van der Waals surface area contributed by atoms with Crippen LogP contribution in [-0.2, 0) is 5.60 Å². The van der Waals surface area contributed by atoms with Gasteiger partial charge in [0, 0.05) is 17.7 Å². The molecule has 42 heavy (non-hydrogen) atoms. The van der Waals surface area contributed by atoms with E-state index in [0.29, 0.717) is 60.3 Å². The number of aliphatic hydroxyl groups is 1. The van der Waals surface area contributed by atoms with E-state index in [-0.39, 0.29) is 0 Å². The first-order chi connectivity index (χ1) is 20.3. The molecule has 0 saturated carbocycles. The van der Waals surface area contributed by atoms with Gasteiger partial charge in [-0.2, -0.15) is 0 Å². The molecule has 218 valence electrons. The molecule has 4 aromatic rings. The molecule has 2 atom stereocenters. The standard InChI is InChI=1S/C32H34N4O4S2/c1-33-22-10-11-25-20(16-22)17-24(31(34-25)38-4)29(23-8-7-9-26-30(23)40-15-14-39-26)32(37,12-13-36(2)3)21-18-27(41-5)35-28(19-21)42-6/h7-11,16-19,29,37H,12-15H2,2-6H3. The van der Waals surface area contributed by atoms with Crippen molar-refractivity contribution in [3.63, 3.8) is 0 Å². The molecule has 0 amide bonds. The highest BCUT2D eigenvalue weighted by Gasteiger charge is 2.45. The van der Waals surface area contributed by atoms with Crippen molar-refractivity contribution in [2.45, 2.75) is 28.0 Å². The number of fused-ring (bicyclic) bond motifs is 2. The largest absolute Gasteiger partial charge is 0.486 e. The number of benzene rings is 2. The van der Waals surface area contributed by atoms with Gasteiger partial charge in [-0.3, -0.25) is 0 Å². The van der Waals surface area contributed by atoms with Crippen molar-refractivity contribution in [1.29, 1.82) is 0 Å². The van der Waals surface area contributed by atoms with E-state index in [1.807, 2.05) is 75.1 Å². The first-order valence-corrected chi connectivity index (χ1v) is 16.0. The van der Waals surface area contributed by atoms with E-state index < -0.39 is 11.5 Å². The summed E-state index contributed by atoms with van der Waals surface area (Å²) >= 11 is 3.07. The van der Waals surface area contributed by atoms with Gasteiger partial charge < -0.3 is 24.2 Å². The molecule has 5 rings (SSSR count). The van der Waals surface area contributed by atoms with E-state index in [2.05, 4.69) is 9.74 Å². The molecule has 2 unspecified atom stereocenters. The summed E-state index contributed by atoms with van der Waals surface area (Å²) in [6.45, 7) is 9.01. The van der Waals surface area contributed by atoms with Gasteiger partial charge in [0.25, 0.3) is 0 Å². The number of nitrogens with zero attached hydrogens (tertiary/aromatic N) is 4. The summed E-state index contributed by atoms with van der Waals surface area (Å²) < 4.78 is 18.1. The fourth-order valence-electron chi connectivity index (χ4n) is 5.40. The number of thioether (sulfide) groups is 2. The van der Waals surface area contributed by atoms with Crippen molar-refractivity contribution in [1.82, 2.24) is 14.9 Å². The Hall–Kier alpha value is -3.49. The lowest BCUT2D eigenvalue weighted by Gasteiger charge is -2.40. The molecule has 0 radical (unpaired) electrons. The minimum absolute atomic E-state index is 0.393. The molecule has 0 bridgehead atoms. The Labute approximate surface area is 255 Å². The Kier molecular flexibility index (Phi) is 9.13. The van der Waals surface area contributed by atoms with E-state index in [1.54, 1.807) is 13.2 Å². The fourth-order valence-corrected chi connectivity index (χ4v) is 6.32. The number of pyridine rings is 2. The lowest BCUT2D eigenvalue weighted by atomic mass is 9.71. The summed E-state index contributed by atoms with van der Waals surface area (Å²) in [5.41, 5.74) is 1.96. The van der Waals surface area contributed by atoms with Crippen LogP contribution in [0.2, 0.25) is 0 Å². The molecule has 2 aromatic carbocycles. The van der Waals surface area contributed by atoms with Gasteiger partial charge in [-0.05, 0) is 80.4 Å². The highest BCUT2D eigenvalue weighted by molar-refractivity contribution is 7.99. The summed E-state index contributed by atoms with van der Waals surface area (Å²) in [5.74, 6) is 0.943. The maximum Gasteiger partial charge on any atom is 0.217 e. The zero-order chi connectivity index (χ0) is 29.9. The molecule has 3 heterocycles. The van der Waals surface area contributed by atoms with Crippen LogP contribution in [0, 0.1) is 6.57 Å². The van der Waals surface area contributed by atoms with Crippen molar-refractivity contribution in [3.05, 3.63) is 82.7 Å². The van der Waals surface area contributed by atoms with Crippen LogP contribution in [0.25, 0.3) is 15.7 Å². The van der Waals surface area contributed by atoms with Gasteiger partial charge >= 0.3 is 0 Å². The smallest absolute Gasteiger partial charge is 0.217 e. The average Bonchev–Trinajstić information content (AvgIpc) is 3.03. The number of methoxy groups -OCH3 is 1. The molecule has 0 spiro atoms. The lowest BCUT2D eigenvalue weighted by molar-refractivity contribution is 0.00210. The second-order valence-electron chi connectivity index (χ2n) is 10.3. The average molecular weight is 603 g/mol. The monoisotopic (exact) mass is 602 g/mol. The van der Waals surface area contributed by atoms with Crippen molar-refractivity contribution >= 4 is 40.1 Å². The van der Waals surface area contributed by atoms with Gasteiger partial charge in [-0.1, -0.05) is 18.2 Å². The first-order valence-electron chi connectivity index (χ1n) is 13.5. The zero-order valence-electron chi connectivity index (χ0n) is 24.4. The van der Waals surface area contributed by atoms with Crippen molar-refractivity contribution in [2.75, 3.05) is 53.5 Å². The molecule has 1 aliphatic rings. The van der Waals surface area contributed by atoms with E-state index in [1.165, 1.54) is 23.5 Å². The predicted molar refractivity (Wildman–Crippen MR) is 169 cm³/mol. The highest BCUT2D eigenvalue weighted by atomic mass is 32.2. The number of rotatable bonds is 10. The summed E-state index contributed by atoms with van der Waals surface area (Å²) in [5, 5.41) is 15.7. The van der Waals surface area contributed by atoms with E-state index in [9.17, 15) is 5.11 Å². The van der Waals surface area contributed by atoms with Crippen LogP contribution in [0.4, 0.5) is 5.69 Å². The lowest BCUT2D eigenvalue weighted by Crippen LogP contribution is -2.38. The molecule has 1 N–H and O–H groups in total. The predicted octanol–water partition coefficient (Wildman–Crippen LogP) is 6.38. The molecule has 0 fully saturated rings. The second kappa shape index (κ2) is 12.8. The normalized spacial score (nSPS) is 14.8. The van der Waals surface area contributed by atoms with E-state index in [4.69, 9.17) is 30.8 Å². The molecule has 2 aromatic heterocycles. The molecule has 0 aliphatic carbocycles. The molecule has 10 heteroatoms. The third-order valence-corrected chi connectivity index (χ3v) is 8.70. The maximum atomic E-state index is 13.2. The molecule has 1 aliphatic heterocycles. The van der Waals surface area contributed by atoms with Gasteiger partial charge in [0.1, 0.15) is 18.8 Å². The summed E-state index contributed by atoms with van der Waals surface area (Å²) in [4.78, 5) is 15.3. The summed E-state index contributed by atoms with van der Waals surface area (Å²) in [6, 6.07) is 17.1. The maximum absolute atomic E-state index is 13.2. The van der Waals surface area contributed by atoms with Crippen LogP contribution >= 0.6 is 23.5 Å².